The predicted octanol–water partition coefficient (Wildman–Crippen LogP) is 1.39. The average Bonchev–Trinajstić information content (AvgIpc) is 2.33. The molecule has 1 aliphatic heterocycles. The van der Waals surface area contributed by atoms with E-state index in [4.69, 9.17) is 5.73 Å². The van der Waals surface area contributed by atoms with Crippen molar-refractivity contribution in [2.75, 3.05) is 24.2 Å². The first-order chi connectivity index (χ1) is 5.68. The van der Waals surface area contributed by atoms with Crippen LogP contribution in [0, 0.1) is 6.92 Å². The lowest BCUT2D eigenvalue weighted by molar-refractivity contribution is 0.943. The van der Waals surface area contributed by atoms with E-state index in [0.717, 1.165) is 30.2 Å². The minimum absolute atomic E-state index is 0. The molecular weight excluding hydrogens is 186 g/mol. The third kappa shape index (κ3) is 1.56. The Morgan fingerprint density at radius 3 is 2.92 bits per heavy atom. The zero-order chi connectivity index (χ0) is 8.72. The number of hydrogen-bond acceptors (Lipinski definition) is 3. The van der Waals surface area contributed by atoms with Crippen LogP contribution in [0.3, 0.4) is 0 Å². The Morgan fingerprint density at radius 1 is 1.54 bits per heavy atom. The Kier molecular flexibility index (Phi) is 2.66. The minimum Gasteiger partial charge on any atom is -0.398 e. The topological polar surface area (TPSA) is 42.1 Å². The van der Waals surface area contributed by atoms with Crippen molar-refractivity contribution in [3.63, 3.8) is 0 Å². The fourth-order valence-corrected chi connectivity index (χ4v) is 1.67. The molecular formula is C9H14ClN3. The third-order valence-electron chi connectivity index (χ3n) is 2.32. The largest absolute Gasteiger partial charge is 0.398 e. The molecule has 3 nitrogen and oxygen atoms in total. The van der Waals surface area contributed by atoms with Crippen molar-refractivity contribution >= 4 is 23.9 Å². The van der Waals surface area contributed by atoms with Gasteiger partial charge in [0, 0.05) is 30.5 Å². The minimum atomic E-state index is 0. The van der Waals surface area contributed by atoms with Crippen LogP contribution in [0.4, 0.5) is 11.5 Å². The van der Waals surface area contributed by atoms with E-state index in [1.165, 1.54) is 5.56 Å². The lowest BCUT2D eigenvalue weighted by Crippen LogP contribution is -2.13. The van der Waals surface area contributed by atoms with Crippen LogP contribution < -0.4 is 10.6 Å². The molecule has 0 spiro atoms. The number of aryl methyl sites for hydroxylation is 1. The number of anilines is 2. The molecule has 0 unspecified atom stereocenters. The Labute approximate surface area is 84.4 Å². The van der Waals surface area contributed by atoms with Gasteiger partial charge in [0.05, 0.1) is 0 Å². The standard InChI is InChI=1S/C9H13N3.ClH/c1-6-5-8(10)7-3-4-12(2)9(7)11-6;/h5H,3-4H2,1-2H3,(H2,10,11);1H. The van der Waals surface area contributed by atoms with Crippen molar-refractivity contribution in [3.8, 4) is 0 Å². The zero-order valence-corrected chi connectivity index (χ0v) is 8.69. The summed E-state index contributed by atoms with van der Waals surface area (Å²) in [6, 6.07) is 1.94. The van der Waals surface area contributed by atoms with Gasteiger partial charge in [-0.2, -0.15) is 0 Å². The highest BCUT2D eigenvalue weighted by Gasteiger charge is 2.19. The van der Waals surface area contributed by atoms with Gasteiger partial charge in [-0.15, -0.1) is 12.4 Å². The number of likely N-dealkylation sites (N-methyl/N-ethyl adjacent to an activating group) is 1. The van der Waals surface area contributed by atoms with Crippen LogP contribution in [0.15, 0.2) is 6.07 Å². The molecule has 0 saturated carbocycles. The lowest BCUT2D eigenvalue weighted by Gasteiger charge is -2.11. The van der Waals surface area contributed by atoms with Gasteiger partial charge in [0.2, 0.25) is 0 Å². The molecule has 72 valence electrons. The van der Waals surface area contributed by atoms with E-state index in [1.807, 2.05) is 13.0 Å². The second-order valence-corrected chi connectivity index (χ2v) is 3.33. The molecule has 0 fully saturated rings. The first kappa shape index (κ1) is 10.1. The SMILES string of the molecule is Cc1cc(N)c2c(n1)N(C)CC2.Cl. The summed E-state index contributed by atoms with van der Waals surface area (Å²) in [5, 5.41) is 0. The summed E-state index contributed by atoms with van der Waals surface area (Å²) in [7, 11) is 2.05. The monoisotopic (exact) mass is 199 g/mol. The van der Waals surface area contributed by atoms with Gasteiger partial charge in [-0.1, -0.05) is 0 Å². The summed E-state index contributed by atoms with van der Waals surface area (Å²) in [6.07, 6.45) is 1.03. The number of fused-ring (bicyclic) bond motifs is 1. The number of pyridine rings is 1. The zero-order valence-electron chi connectivity index (χ0n) is 7.87. The molecule has 0 radical (unpaired) electrons. The first-order valence-corrected chi connectivity index (χ1v) is 4.15. The van der Waals surface area contributed by atoms with Gasteiger partial charge >= 0.3 is 0 Å². The molecule has 2 N–H and O–H groups in total. The highest BCUT2D eigenvalue weighted by atomic mass is 35.5. The lowest BCUT2D eigenvalue weighted by atomic mass is 10.2. The average molecular weight is 200 g/mol. The molecule has 0 bridgehead atoms. The molecule has 0 atom stereocenters. The molecule has 1 aromatic heterocycles. The number of nitrogens with two attached hydrogens (primary N) is 1. The predicted molar refractivity (Wildman–Crippen MR) is 57.6 cm³/mol. The molecule has 1 aromatic rings. The van der Waals surface area contributed by atoms with Gasteiger partial charge in [-0.3, -0.25) is 0 Å². The van der Waals surface area contributed by atoms with Crippen molar-refractivity contribution in [1.82, 2.24) is 4.98 Å². The van der Waals surface area contributed by atoms with Gasteiger partial charge in [-0.05, 0) is 19.4 Å². The fraction of sp³-hybridized carbons (Fsp3) is 0.444. The van der Waals surface area contributed by atoms with E-state index in [2.05, 4.69) is 16.9 Å². The van der Waals surface area contributed by atoms with Crippen LogP contribution in [0.2, 0.25) is 0 Å². The van der Waals surface area contributed by atoms with Crippen molar-refractivity contribution in [2.24, 2.45) is 0 Å². The Bertz CT molecular complexity index is 325. The summed E-state index contributed by atoms with van der Waals surface area (Å²) in [4.78, 5) is 6.59. The Hall–Kier alpha value is -0.960. The number of rotatable bonds is 0. The van der Waals surface area contributed by atoms with E-state index in [0.29, 0.717) is 0 Å². The van der Waals surface area contributed by atoms with Gasteiger partial charge in [-0.25, -0.2) is 4.98 Å². The van der Waals surface area contributed by atoms with E-state index in [1.54, 1.807) is 0 Å². The van der Waals surface area contributed by atoms with E-state index < -0.39 is 0 Å². The molecule has 13 heavy (non-hydrogen) atoms. The van der Waals surface area contributed by atoms with Gasteiger partial charge in [0.25, 0.3) is 0 Å². The molecule has 0 saturated heterocycles. The smallest absolute Gasteiger partial charge is 0.133 e. The number of nitrogen functional groups attached to an aromatic ring is 1. The number of nitrogens with zero attached hydrogens (tertiary/aromatic N) is 2. The highest BCUT2D eigenvalue weighted by molar-refractivity contribution is 5.85. The van der Waals surface area contributed by atoms with Gasteiger partial charge in [0.1, 0.15) is 5.82 Å². The molecule has 0 amide bonds. The summed E-state index contributed by atoms with van der Waals surface area (Å²) in [5.74, 6) is 1.06. The molecule has 2 rings (SSSR count). The molecule has 4 heteroatoms. The highest BCUT2D eigenvalue weighted by Crippen LogP contribution is 2.29. The molecule has 0 aromatic carbocycles. The molecule has 1 aliphatic rings. The quantitative estimate of drug-likeness (QED) is 0.687. The molecule has 2 heterocycles. The summed E-state index contributed by atoms with van der Waals surface area (Å²) in [5.41, 5.74) is 8.97. The maximum atomic E-state index is 5.87. The van der Waals surface area contributed by atoms with E-state index in [-0.39, 0.29) is 12.4 Å². The van der Waals surface area contributed by atoms with Crippen LogP contribution in [-0.4, -0.2) is 18.6 Å². The Morgan fingerprint density at radius 2 is 2.23 bits per heavy atom. The normalized spacial score (nSPS) is 13.8. The van der Waals surface area contributed by atoms with E-state index >= 15 is 0 Å². The second kappa shape index (κ2) is 3.42. The summed E-state index contributed by atoms with van der Waals surface area (Å²) < 4.78 is 0. The fourth-order valence-electron chi connectivity index (χ4n) is 1.67. The maximum absolute atomic E-state index is 5.87. The second-order valence-electron chi connectivity index (χ2n) is 3.33. The summed E-state index contributed by atoms with van der Waals surface area (Å²) in [6.45, 7) is 3.01. The van der Waals surface area contributed by atoms with E-state index in [9.17, 15) is 0 Å². The van der Waals surface area contributed by atoms with Gasteiger partial charge < -0.3 is 10.6 Å². The van der Waals surface area contributed by atoms with Crippen LogP contribution in [0.25, 0.3) is 0 Å². The maximum Gasteiger partial charge on any atom is 0.133 e. The van der Waals surface area contributed by atoms with Crippen molar-refractivity contribution in [1.29, 1.82) is 0 Å². The number of aromatic nitrogens is 1. The van der Waals surface area contributed by atoms with Crippen molar-refractivity contribution < 1.29 is 0 Å². The first-order valence-electron chi connectivity index (χ1n) is 4.15. The van der Waals surface area contributed by atoms with Gasteiger partial charge in [0.15, 0.2) is 0 Å². The third-order valence-corrected chi connectivity index (χ3v) is 2.32. The Balaban J connectivity index is 0.000000845. The van der Waals surface area contributed by atoms with Crippen molar-refractivity contribution in [2.45, 2.75) is 13.3 Å². The van der Waals surface area contributed by atoms with Crippen LogP contribution in [0.5, 0.6) is 0 Å². The molecule has 0 aliphatic carbocycles. The van der Waals surface area contributed by atoms with Crippen LogP contribution >= 0.6 is 12.4 Å². The number of hydrogen-bond donors (Lipinski definition) is 1. The van der Waals surface area contributed by atoms with Crippen LogP contribution in [0.1, 0.15) is 11.3 Å². The number of halogens is 1. The summed E-state index contributed by atoms with van der Waals surface area (Å²) >= 11 is 0. The van der Waals surface area contributed by atoms with Crippen LogP contribution in [-0.2, 0) is 6.42 Å². The van der Waals surface area contributed by atoms with Crippen molar-refractivity contribution in [3.05, 3.63) is 17.3 Å².